The van der Waals surface area contributed by atoms with E-state index >= 15 is 0 Å². The second kappa shape index (κ2) is 5.66. The summed E-state index contributed by atoms with van der Waals surface area (Å²) in [7, 11) is 1.40. The first-order valence-electron chi connectivity index (χ1n) is 4.69. The van der Waals surface area contributed by atoms with Gasteiger partial charge in [0.2, 0.25) is 0 Å². The second-order valence-corrected chi connectivity index (χ2v) is 4.35. The lowest BCUT2D eigenvalue weighted by molar-refractivity contribution is -0.140. The molecule has 0 unspecified atom stereocenters. The van der Waals surface area contributed by atoms with E-state index in [0.29, 0.717) is 12.2 Å². The number of hydrogen-bond donors (Lipinski definition) is 1. The van der Waals surface area contributed by atoms with E-state index in [9.17, 15) is 4.79 Å². The molecule has 82 valence electrons. The van der Waals surface area contributed by atoms with E-state index in [-0.39, 0.29) is 5.97 Å². The number of carbonyl (C=O) groups excluding carboxylic acids is 1. The van der Waals surface area contributed by atoms with Crippen molar-refractivity contribution in [1.29, 1.82) is 0 Å². The Morgan fingerprint density at radius 2 is 2.27 bits per heavy atom. The van der Waals surface area contributed by atoms with Crippen LogP contribution in [0.1, 0.15) is 12.0 Å². The quantitative estimate of drug-likeness (QED) is 0.485. The molecular weight excluding hydrogens is 210 g/mol. The van der Waals surface area contributed by atoms with Gasteiger partial charge in [-0.25, -0.2) is 0 Å². The fourth-order valence-corrected chi connectivity index (χ4v) is 2.11. The molecule has 2 N–H and O–H groups in total. The van der Waals surface area contributed by atoms with Crippen LogP contribution in [0, 0.1) is 6.92 Å². The molecule has 15 heavy (non-hydrogen) atoms. The van der Waals surface area contributed by atoms with Crippen molar-refractivity contribution in [1.82, 2.24) is 0 Å². The minimum absolute atomic E-state index is 0.186. The summed E-state index contributed by atoms with van der Waals surface area (Å²) in [5.74, 6) is 0.508. The molecular formula is C11H15NO2S. The van der Waals surface area contributed by atoms with Gasteiger partial charge >= 0.3 is 5.97 Å². The van der Waals surface area contributed by atoms with Gasteiger partial charge in [-0.15, -0.1) is 11.8 Å². The maximum atomic E-state index is 10.9. The minimum Gasteiger partial charge on any atom is -0.469 e. The monoisotopic (exact) mass is 225 g/mol. The van der Waals surface area contributed by atoms with E-state index in [2.05, 4.69) is 4.74 Å². The second-order valence-electron chi connectivity index (χ2n) is 3.22. The zero-order valence-electron chi connectivity index (χ0n) is 8.95. The van der Waals surface area contributed by atoms with Crippen molar-refractivity contribution >= 4 is 23.4 Å². The molecule has 1 rings (SSSR count). The molecule has 0 fully saturated rings. The van der Waals surface area contributed by atoms with Crippen molar-refractivity contribution in [2.45, 2.75) is 18.2 Å². The lowest BCUT2D eigenvalue weighted by Crippen LogP contribution is -2.01. The number of esters is 1. The third-order valence-electron chi connectivity index (χ3n) is 1.96. The highest BCUT2D eigenvalue weighted by molar-refractivity contribution is 7.99. The third kappa shape index (κ3) is 3.83. The lowest BCUT2D eigenvalue weighted by Gasteiger charge is -2.05. The number of nitrogen functional groups attached to an aromatic ring is 1. The fourth-order valence-electron chi connectivity index (χ4n) is 1.11. The average molecular weight is 225 g/mol. The van der Waals surface area contributed by atoms with E-state index in [1.165, 1.54) is 12.7 Å². The highest BCUT2D eigenvalue weighted by atomic mass is 32.2. The van der Waals surface area contributed by atoms with Crippen LogP contribution in [0.25, 0.3) is 0 Å². The van der Waals surface area contributed by atoms with Crippen LogP contribution in [0.5, 0.6) is 0 Å². The highest BCUT2D eigenvalue weighted by Gasteiger charge is 2.03. The Hall–Kier alpha value is -1.16. The highest BCUT2D eigenvalue weighted by Crippen LogP contribution is 2.26. The maximum absolute atomic E-state index is 10.9. The topological polar surface area (TPSA) is 52.3 Å². The van der Waals surface area contributed by atoms with Crippen molar-refractivity contribution in [3.8, 4) is 0 Å². The van der Waals surface area contributed by atoms with Crippen LogP contribution in [0.4, 0.5) is 5.69 Å². The number of nitrogens with two attached hydrogens (primary N) is 1. The van der Waals surface area contributed by atoms with Crippen molar-refractivity contribution in [3.05, 3.63) is 23.8 Å². The van der Waals surface area contributed by atoms with Gasteiger partial charge in [0.15, 0.2) is 0 Å². The SMILES string of the molecule is COC(=O)CCSc1cc(C)ccc1N. The van der Waals surface area contributed by atoms with Gasteiger partial charge in [-0.3, -0.25) is 4.79 Å². The van der Waals surface area contributed by atoms with Gasteiger partial charge < -0.3 is 10.5 Å². The maximum Gasteiger partial charge on any atom is 0.306 e. The van der Waals surface area contributed by atoms with Crippen LogP contribution in [-0.4, -0.2) is 18.8 Å². The summed E-state index contributed by atoms with van der Waals surface area (Å²) in [4.78, 5) is 11.9. The molecule has 0 aliphatic carbocycles. The Labute approximate surface area is 94.0 Å². The summed E-state index contributed by atoms with van der Waals surface area (Å²) in [6.07, 6.45) is 0.411. The van der Waals surface area contributed by atoms with Gasteiger partial charge in [0.05, 0.1) is 13.5 Å². The van der Waals surface area contributed by atoms with Crippen molar-refractivity contribution in [2.24, 2.45) is 0 Å². The molecule has 0 amide bonds. The van der Waals surface area contributed by atoms with E-state index < -0.39 is 0 Å². The third-order valence-corrected chi connectivity index (χ3v) is 3.03. The lowest BCUT2D eigenvalue weighted by atomic mass is 10.2. The Morgan fingerprint density at radius 3 is 2.93 bits per heavy atom. The molecule has 0 spiro atoms. The predicted molar refractivity (Wildman–Crippen MR) is 62.9 cm³/mol. The molecule has 0 aliphatic heterocycles. The first kappa shape index (κ1) is 11.9. The number of ether oxygens (including phenoxy) is 1. The van der Waals surface area contributed by atoms with Crippen LogP contribution in [0.3, 0.4) is 0 Å². The normalized spacial score (nSPS) is 10.0. The minimum atomic E-state index is -0.186. The summed E-state index contributed by atoms with van der Waals surface area (Å²) in [5.41, 5.74) is 7.73. The van der Waals surface area contributed by atoms with Crippen molar-refractivity contribution < 1.29 is 9.53 Å². The number of methoxy groups -OCH3 is 1. The first-order chi connectivity index (χ1) is 7.13. The molecule has 0 aromatic heterocycles. The molecule has 0 saturated carbocycles. The van der Waals surface area contributed by atoms with Crippen LogP contribution in [-0.2, 0) is 9.53 Å². The molecule has 1 aromatic carbocycles. The van der Waals surface area contributed by atoms with Gasteiger partial charge in [0.1, 0.15) is 0 Å². The van der Waals surface area contributed by atoms with E-state index in [0.717, 1.165) is 10.6 Å². The number of hydrogen-bond acceptors (Lipinski definition) is 4. The Balaban J connectivity index is 2.50. The number of rotatable bonds is 4. The van der Waals surface area contributed by atoms with E-state index in [4.69, 9.17) is 5.73 Å². The smallest absolute Gasteiger partial charge is 0.306 e. The van der Waals surface area contributed by atoms with Gasteiger partial charge in [-0.1, -0.05) is 6.07 Å². The summed E-state index contributed by atoms with van der Waals surface area (Å²) in [6, 6.07) is 5.88. The fraction of sp³-hybridized carbons (Fsp3) is 0.364. The number of benzene rings is 1. The van der Waals surface area contributed by atoms with Crippen LogP contribution < -0.4 is 5.73 Å². The predicted octanol–water partition coefficient (Wildman–Crippen LogP) is 2.23. The first-order valence-corrected chi connectivity index (χ1v) is 5.68. The zero-order chi connectivity index (χ0) is 11.3. The molecule has 0 saturated heterocycles. The molecule has 0 atom stereocenters. The number of thioether (sulfide) groups is 1. The molecule has 0 bridgehead atoms. The Bertz CT molecular complexity index is 352. The summed E-state index contributed by atoms with van der Waals surface area (Å²) >= 11 is 1.58. The van der Waals surface area contributed by atoms with Gasteiger partial charge in [-0.2, -0.15) is 0 Å². The van der Waals surface area contributed by atoms with Crippen molar-refractivity contribution in [3.63, 3.8) is 0 Å². The average Bonchev–Trinajstić information content (AvgIpc) is 2.23. The molecule has 0 aliphatic rings. The summed E-state index contributed by atoms with van der Waals surface area (Å²) in [5, 5.41) is 0. The molecule has 0 heterocycles. The molecule has 3 nitrogen and oxygen atoms in total. The molecule has 0 radical (unpaired) electrons. The van der Waals surface area contributed by atoms with Gasteiger partial charge in [-0.05, 0) is 24.6 Å². The van der Waals surface area contributed by atoms with Gasteiger partial charge in [0, 0.05) is 16.3 Å². The Morgan fingerprint density at radius 1 is 1.53 bits per heavy atom. The van der Waals surface area contributed by atoms with Crippen LogP contribution in [0.2, 0.25) is 0 Å². The molecule has 1 aromatic rings. The number of aryl methyl sites for hydroxylation is 1. The van der Waals surface area contributed by atoms with Crippen LogP contribution in [0.15, 0.2) is 23.1 Å². The van der Waals surface area contributed by atoms with Crippen LogP contribution >= 0.6 is 11.8 Å². The summed E-state index contributed by atoms with van der Waals surface area (Å²) in [6.45, 7) is 2.02. The molecule has 4 heteroatoms. The number of carbonyl (C=O) groups is 1. The Kier molecular flexibility index (Phi) is 4.49. The van der Waals surface area contributed by atoms with E-state index in [1.54, 1.807) is 11.8 Å². The van der Waals surface area contributed by atoms with Crippen molar-refractivity contribution in [2.75, 3.05) is 18.6 Å². The largest absolute Gasteiger partial charge is 0.469 e. The number of anilines is 1. The summed E-state index contributed by atoms with van der Waals surface area (Å²) < 4.78 is 4.56. The zero-order valence-corrected chi connectivity index (χ0v) is 9.76. The van der Waals surface area contributed by atoms with Gasteiger partial charge in [0.25, 0.3) is 0 Å². The standard InChI is InChI=1S/C11H15NO2S/c1-8-3-4-9(12)10(7-8)15-6-5-11(13)14-2/h3-4,7H,5-6,12H2,1-2H3. The van der Waals surface area contributed by atoms with E-state index in [1.807, 2.05) is 25.1 Å².